The Morgan fingerprint density at radius 1 is 1.40 bits per heavy atom. The fourth-order valence-corrected chi connectivity index (χ4v) is 3.03. The van der Waals surface area contributed by atoms with Crippen LogP contribution in [0, 0.1) is 13.8 Å². The van der Waals surface area contributed by atoms with Crippen molar-refractivity contribution in [3.8, 4) is 0 Å². The normalized spacial score (nSPS) is 11.7. The standard InChI is InChI=1S/C13H13ClN4OS/c1-7-6-8(2)17-13(10(7)11(15)18-19)20-12-9(14)4-3-5-16-12/h3-6,19H,1-2H3,(H2,15,18). The fraction of sp³-hybridized carbons (Fsp3) is 0.154. The number of nitrogens with zero attached hydrogens (tertiary/aromatic N) is 3. The van der Waals surface area contributed by atoms with Crippen molar-refractivity contribution in [2.75, 3.05) is 0 Å². The van der Waals surface area contributed by atoms with Gasteiger partial charge in [-0.3, -0.25) is 0 Å². The summed E-state index contributed by atoms with van der Waals surface area (Å²) in [4.78, 5) is 8.64. The summed E-state index contributed by atoms with van der Waals surface area (Å²) < 4.78 is 0. The molecule has 3 N–H and O–H groups in total. The molecule has 2 aromatic heterocycles. The summed E-state index contributed by atoms with van der Waals surface area (Å²) in [6.45, 7) is 3.76. The molecule has 0 aromatic carbocycles. The van der Waals surface area contributed by atoms with Gasteiger partial charge in [0.15, 0.2) is 5.84 Å². The SMILES string of the molecule is Cc1cc(C)c(C(N)=NO)c(Sc2ncccc2Cl)n1. The first-order valence-corrected chi connectivity index (χ1v) is 6.97. The molecule has 2 aromatic rings. The number of aromatic nitrogens is 2. The highest BCUT2D eigenvalue weighted by Crippen LogP contribution is 2.33. The lowest BCUT2D eigenvalue weighted by molar-refractivity contribution is 0.318. The molecular weight excluding hydrogens is 296 g/mol. The number of aryl methyl sites for hydroxylation is 2. The van der Waals surface area contributed by atoms with Crippen LogP contribution in [0.5, 0.6) is 0 Å². The van der Waals surface area contributed by atoms with Crippen molar-refractivity contribution in [1.82, 2.24) is 9.97 Å². The summed E-state index contributed by atoms with van der Waals surface area (Å²) in [6.07, 6.45) is 1.65. The van der Waals surface area contributed by atoms with Crippen molar-refractivity contribution < 1.29 is 5.21 Å². The van der Waals surface area contributed by atoms with Crippen molar-refractivity contribution in [1.29, 1.82) is 0 Å². The Bertz CT molecular complexity index is 675. The molecule has 0 spiro atoms. The highest BCUT2D eigenvalue weighted by Gasteiger charge is 2.16. The lowest BCUT2D eigenvalue weighted by Crippen LogP contribution is -2.17. The number of nitrogens with two attached hydrogens (primary N) is 1. The minimum Gasteiger partial charge on any atom is -0.409 e. The van der Waals surface area contributed by atoms with Gasteiger partial charge in [-0.2, -0.15) is 0 Å². The zero-order valence-electron chi connectivity index (χ0n) is 11.0. The molecule has 20 heavy (non-hydrogen) atoms. The molecule has 0 aliphatic carbocycles. The average molecular weight is 309 g/mol. The summed E-state index contributed by atoms with van der Waals surface area (Å²) >= 11 is 7.38. The van der Waals surface area contributed by atoms with Crippen LogP contribution >= 0.6 is 23.4 Å². The second-order valence-electron chi connectivity index (χ2n) is 4.14. The lowest BCUT2D eigenvalue weighted by atomic mass is 10.1. The van der Waals surface area contributed by atoms with Crippen LogP contribution in [0.1, 0.15) is 16.8 Å². The molecule has 0 saturated carbocycles. The molecule has 0 fully saturated rings. The zero-order chi connectivity index (χ0) is 14.7. The molecule has 7 heteroatoms. The Kier molecular flexibility index (Phi) is 4.46. The number of hydrogen-bond acceptors (Lipinski definition) is 5. The van der Waals surface area contributed by atoms with Crippen molar-refractivity contribution in [3.63, 3.8) is 0 Å². The van der Waals surface area contributed by atoms with Gasteiger partial charge in [-0.25, -0.2) is 9.97 Å². The predicted molar refractivity (Wildman–Crippen MR) is 79.6 cm³/mol. The maximum Gasteiger partial charge on any atom is 0.173 e. The van der Waals surface area contributed by atoms with Gasteiger partial charge in [0.05, 0.1) is 10.6 Å². The van der Waals surface area contributed by atoms with Crippen LogP contribution in [0.25, 0.3) is 0 Å². The lowest BCUT2D eigenvalue weighted by Gasteiger charge is -2.11. The molecule has 0 atom stereocenters. The number of rotatable bonds is 3. The number of halogens is 1. The quantitative estimate of drug-likeness (QED) is 0.394. The van der Waals surface area contributed by atoms with Gasteiger partial charge in [0.2, 0.25) is 0 Å². The average Bonchev–Trinajstić information content (AvgIpc) is 2.40. The van der Waals surface area contributed by atoms with Crippen LogP contribution in [-0.4, -0.2) is 21.0 Å². The first-order valence-electron chi connectivity index (χ1n) is 5.77. The summed E-state index contributed by atoms with van der Waals surface area (Å²) in [6, 6.07) is 5.38. The third-order valence-electron chi connectivity index (χ3n) is 2.59. The second kappa shape index (κ2) is 6.11. The smallest absolute Gasteiger partial charge is 0.173 e. The minimum absolute atomic E-state index is 0.0181. The van der Waals surface area contributed by atoms with Crippen LogP contribution in [0.4, 0.5) is 0 Å². The van der Waals surface area contributed by atoms with E-state index < -0.39 is 0 Å². The molecule has 2 heterocycles. The van der Waals surface area contributed by atoms with Crippen molar-refractivity contribution >= 4 is 29.2 Å². The molecule has 0 aliphatic heterocycles. The summed E-state index contributed by atoms with van der Waals surface area (Å²) in [5.41, 5.74) is 8.04. The van der Waals surface area contributed by atoms with Crippen molar-refractivity contribution in [2.45, 2.75) is 23.9 Å². The third kappa shape index (κ3) is 3.02. The molecule has 0 unspecified atom stereocenters. The zero-order valence-corrected chi connectivity index (χ0v) is 12.5. The Balaban J connectivity index is 2.53. The number of pyridine rings is 2. The third-order valence-corrected chi connectivity index (χ3v) is 4.02. The predicted octanol–water partition coefficient (Wildman–Crippen LogP) is 2.99. The Hall–Kier alpha value is -1.79. The first-order chi connectivity index (χ1) is 9.52. The largest absolute Gasteiger partial charge is 0.409 e. The molecular formula is C13H13ClN4OS. The molecule has 0 aliphatic rings. The van der Waals surface area contributed by atoms with Gasteiger partial charge >= 0.3 is 0 Å². The maximum atomic E-state index is 8.91. The molecule has 104 valence electrons. The monoisotopic (exact) mass is 308 g/mol. The van der Waals surface area contributed by atoms with E-state index in [0.29, 0.717) is 20.6 Å². The highest BCUT2D eigenvalue weighted by atomic mass is 35.5. The number of hydrogen-bond donors (Lipinski definition) is 2. The van der Waals surface area contributed by atoms with E-state index in [1.54, 1.807) is 18.3 Å². The van der Waals surface area contributed by atoms with E-state index in [9.17, 15) is 0 Å². The Morgan fingerprint density at radius 3 is 2.80 bits per heavy atom. The van der Waals surface area contributed by atoms with Gasteiger partial charge in [0.1, 0.15) is 10.1 Å². The van der Waals surface area contributed by atoms with Crippen LogP contribution in [-0.2, 0) is 0 Å². The van der Waals surface area contributed by atoms with Crippen LogP contribution in [0.3, 0.4) is 0 Å². The van der Waals surface area contributed by atoms with E-state index in [2.05, 4.69) is 15.1 Å². The summed E-state index contributed by atoms with van der Waals surface area (Å²) in [5, 5.41) is 13.7. The Labute approximate surface area is 125 Å². The van der Waals surface area contributed by atoms with Gasteiger partial charge < -0.3 is 10.9 Å². The fourth-order valence-electron chi connectivity index (χ4n) is 1.78. The van der Waals surface area contributed by atoms with Gasteiger partial charge in [-0.15, -0.1) is 0 Å². The first kappa shape index (κ1) is 14.6. The van der Waals surface area contributed by atoms with Crippen LogP contribution < -0.4 is 5.73 Å². The number of oxime groups is 1. The molecule has 0 saturated heterocycles. The Morgan fingerprint density at radius 2 is 2.15 bits per heavy atom. The van der Waals surface area contributed by atoms with Gasteiger partial charge in [0, 0.05) is 11.9 Å². The van der Waals surface area contributed by atoms with Gasteiger partial charge in [-0.05, 0) is 49.4 Å². The van der Waals surface area contributed by atoms with E-state index in [-0.39, 0.29) is 5.84 Å². The van der Waals surface area contributed by atoms with E-state index in [1.807, 2.05) is 19.9 Å². The molecule has 2 rings (SSSR count). The topological polar surface area (TPSA) is 84.4 Å². The molecule has 0 bridgehead atoms. The summed E-state index contributed by atoms with van der Waals surface area (Å²) in [5.74, 6) is 0.0181. The highest BCUT2D eigenvalue weighted by molar-refractivity contribution is 7.99. The van der Waals surface area contributed by atoms with Crippen LogP contribution in [0.2, 0.25) is 5.02 Å². The molecule has 5 nitrogen and oxygen atoms in total. The van der Waals surface area contributed by atoms with E-state index in [1.165, 1.54) is 11.8 Å². The number of amidine groups is 1. The second-order valence-corrected chi connectivity index (χ2v) is 5.52. The van der Waals surface area contributed by atoms with E-state index in [4.69, 9.17) is 22.5 Å². The van der Waals surface area contributed by atoms with Crippen molar-refractivity contribution in [2.24, 2.45) is 10.9 Å². The molecule has 0 amide bonds. The molecule has 0 radical (unpaired) electrons. The van der Waals surface area contributed by atoms with Crippen molar-refractivity contribution in [3.05, 3.63) is 46.2 Å². The van der Waals surface area contributed by atoms with Gasteiger partial charge in [0.25, 0.3) is 0 Å². The van der Waals surface area contributed by atoms with E-state index >= 15 is 0 Å². The van der Waals surface area contributed by atoms with Crippen LogP contribution in [0.15, 0.2) is 39.6 Å². The van der Waals surface area contributed by atoms with Gasteiger partial charge in [-0.1, -0.05) is 16.8 Å². The van der Waals surface area contributed by atoms with E-state index in [0.717, 1.165) is 11.3 Å². The maximum absolute atomic E-state index is 8.91. The minimum atomic E-state index is 0.0181. The summed E-state index contributed by atoms with van der Waals surface area (Å²) in [7, 11) is 0.